The fourth-order valence-corrected chi connectivity index (χ4v) is 3.03. The van der Waals surface area contributed by atoms with Gasteiger partial charge in [0.05, 0.1) is 10.7 Å². The third-order valence-corrected chi connectivity index (χ3v) is 4.25. The predicted molar refractivity (Wildman–Crippen MR) is 73.7 cm³/mol. The van der Waals surface area contributed by atoms with Crippen LogP contribution in [0.3, 0.4) is 0 Å². The second-order valence-electron chi connectivity index (χ2n) is 4.08. The van der Waals surface area contributed by atoms with Crippen LogP contribution >= 0.6 is 22.9 Å². The summed E-state index contributed by atoms with van der Waals surface area (Å²) < 4.78 is 0. The highest BCUT2D eigenvalue weighted by Gasteiger charge is 2.15. The Balaban J connectivity index is 2.20. The van der Waals surface area contributed by atoms with Gasteiger partial charge in [-0.1, -0.05) is 29.8 Å². The number of hydrogen-bond acceptors (Lipinski definition) is 3. The summed E-state index contributed by atoms with van der Waals surface area (Å²) in [7, 11) is 0. The van der Waals surface area contributed by atoms with Gasteiger partial charge in [0, 0.05) is 15.9 Å². The molecule has 0 fully saturated rings. The van der Waals surface area contributed by atoms with Crippen LogP contribution in [0.1, 0.15) is 27.2 Å². The van der Waals surface area contributed by atoms with E-state index in [1.54, 1.807) is 11.3 Å². The molecule has 0 aliphatic carbocycles. The second kappa shape index (κ2) is 5.17. The molecule has 17 heavy (non-hydrogen) atoms. The molecular weight excluding hydrogens is 252 g/mol. The summed E-state index contributed by atoms with van der Waals surface area (Å²) in [5, 5.41) is 1.84. The van der Waals surface area contributed by atoms with E-state index in [1.807, 2.05) is 38.1 Å². The van der Waals surface area contributed by atoms with Crippen LogP contribution in [0.4, 0.5) is 0 Å². The number of aryl methyl sites for hydroxylation is 2. The fourth-order valence-electron chi connectivity index (χ4n) is 1.88. The van der Waals surface area contributed by atoms with Gasteiger partial charge in [0.1, 0.15) is 0 Å². The molecule has 0 saturated carbocycles. The van der Waals surface area contributed by atoms with E-state index < -0.39 is 0 Å². The maximum Gasteiger partial charge on any atom is 0.0900 e. The first-order chi connectivity index (χ1) is 8.08. The van der Waals surface area contributed by atoms with Crippen molar-refractivity contribution >= 4 is 22.9 Å². The smallest absolute Gasteiger partial charge is 0.0900 e. The molecule has 0 aliphatic rings. The quantitative estimate of drug-likeness (QED) is 0.921. The molecule has 0 spiro atoms. The first-order valence-electron chi connectivity index (χ1n) is 5.51. The topological polar surface area (TPSA) is 38.9 Å². The molecule has 0 saturated heterocycles. The predicted octanol–water partition coefficient (Wildman–Crippen LogP) is 3.66. The van der Waals surface area contributed by atoms with Crippen LogP contribution in [0.2, 0.25) is 5.02 Å². The molecule has 1 aromatic carbocycles. The highest BCUT2D eigenvalue weighted by atomic mass is 35.5. The van der Waals surface area contributed by atoms with Gasteiger partial charge in [0.25, 0.3) is 0 Å². The average Bonchev–Trinajstić information content (AvgIpc) is 2.61. The maximum absolute atomic E-state index is 6.22. The van der Waals surface area contributed by atoms with Gasteiger partial charge in [-0.25, -0.2) is 4.98 Å². The standard InChI is InChI=1S/C13H15ClN2S/c1-8-13(17-9(2)16-8)12(15)7-10-5-3-4-6-11(10)14/h3-6,12H,7,15H2,1-2H3. The summed E-state index contributed by atoms with van der Waals surface area (Å²) >= 11 is 7.80. The Kier molecular flexibility index (Phi) is 3.82. The summed E-state index contributed by atoms with van der Waals surface area (Å²) in [5.74, 6) is 0. The van der Waals surface area contributed by atoms with Gasteiger partial charge in [-0.2, -0.15) is 0 Å². The van der Waals surface area contributed by atoms with Crippen molar-refractivity contribution in [2.45, 2.75) is 26.3 Å². The molecule has 0 radical (unpaired) electrons. The lowest BCUT2D eigenvalue weighted by Crippen LogP contribution is -2.13. The van der Waals surface area contributed by atoms with Crippen molar-refractivity contribution < 1.29 is 0 Å². The third-order valence-electron chi connectivity index (χ3n) is 2.67. The fraction of sp³-hybridized carbons (Fsp3) is 0.308. The summed E-state index contributed by atoms with van der Waals surface area (Å²) in [5.41, 5.74) is 8.35. The summed E-state index contributed by atoms with van der Waals surface area (Å²) in [4.78, 5) is 5.56. The number of benzene rings is 1. The summed E-state index contributed by atoms with van der Waals surface area (Å²) in [6, 6.07) is 7.80. The zero-order valence-electron chi connectivity index (χ0n) is 9.90. The minimum absolute atomic E-state index is 0.0268. The molecule has 90 valence electrons. The monoisotopic (exact) mass is 266 g/mol. The third kappa shape index (κ3) is 2.86. The Labute approximate surface area is 110 Å². The van der Waals surface area contributed by atoms with Crippen molar-refractivity contribution in [1.29, 1.82) is 0 Å². The maximum atomic E-state index is 6.22. The van der Waals surface area contributed by atoms with Crippen LogP contribution in [-0.2, 0) is 6.42 Å². The van der Waals surface area contributed by atoms with Gasteiger partial charge < -0.3 is 5.73 Å². The number of rotatable bonds is 3. The van der Waals surface area contributed by atoms with Gasteiger partial charge in [0.2, 0.25) is 0 Å². The number of thiazole rings is 1. The largest absolute Gasteiger partial charge is 0.323 e. The first kappa shape index (κ1) is 12.6. The zero-order chi connectivity index (χ0) is 12.4. The molecule has 1 heterocycles. The molecule has 2 N–H and O–H groups in total. The average molecular weight is 267 g/mol. The molecule has 1 unspecified atom stereocenters. The van der Waals surface area contributed by atoms with E-state index in [-0.39, 0.29) is 6.04 Å². The van der Waals surface area contributed by atoms with Crippen LogP contribution in [0.5, 0.6) is 0 Å². The highest BCUT2D eigenvalue weighted by molar-refractivity contribution is 7.11. The number of aromatic nitrogens is 1. The van der Waals surface area contributed by atoms with Crippen LogP contribution in [0, 0.1) is 13.8 Å². The van der Waals surface area contributed by atoms with E-state index >= 15 is 0 Å². The molecule has 2 nitrogen and oxygen atoms in total. The van der Waals surface area contributed by atoms with E-state index in [0.29, 0.717) is 0 Å². The van der Waals surface area contributed by atoms with Crippen molar-refractivity contribution in [2.75, 3.05) is 0 Å². The van der Waals surface area contributed by atoms with Gasteiger partial charge in [-0.15, -0.1) is 11.3 Å². The first-order valence-corrected chi connectivity index (χ1v) is 6.70. The van der Waals surface area contributed by atoms with Crippen molar-refractivity contribution in [3.63, 3.8) is 0 Å². The van der Waals surface area contributed by atoms with Crippen LogP contribution < -0.4 is 5.73 Å². The minimum atomic E-state index is -0.0268. The molecular formula is C13H15ClN2S. The van der Waals surface area contributed by atoms with E-state index in [4.69, 9.17) is 17.3 Å². The van der Waals surface area contributed by atoms with E-state index in [2.05, 4.69) is 4.98 Å². The Bertz CT molecular complexity index is 522. The summed E-state index contributed by atoms with van der Waals surface area (Å²) in [6.45, 7) is 4.01. The van der Waals surface area contributed by atoms with Gasteiger partial charge >= 0.3 is 0 Å². The van der Waals surface area contributed by atoms with Crippen LogP contribution in [-0.4, -0.2) is 4.98 Å². The van der Waals surface area contributed by atoms with Crippen molar-refractivity contribution in [1.82, 2.24) is 4.98 Å². The zero-order valence-corrected chi connectivity index (χ0v) is 11.5. The Hall–Kier alpha value is -0.900. The molecule has 2 rings (SSSR count). The molecule has 1 aromatic heterocycles. The Morgan fingerprint density at radius 1 is 1.35 bits per heavy atom. The molecule has 0 bridgehead atoms. The van der Waals surface area contributed by atoms with Crippen molar-refractivity contribution in [2.24, 2.45) is 5.73 Å². The molecule has 2 aromatic rings. The highest BCUT2D eigenvalue weighted by Crippen LogP contribution is 2.27. The van der Waals surface area contributed by atoms with E-state index in [1.165, 1.54) is 0 Å². The number of nitrogens with two attached hydrogens (primary N) is 1. The van der Waals surface area contributed by atoms with Crippen LogP contribution in [0.15, 0.2) is 24.3 Å². The molecule has 0 amide bonds. The Morgan fingerprint density at radius 2 is 2.06 bits per heavy atom. The van der Waals surface area contributed by atoms with Crippen molar-refractivity contribution in [3.05, 3.63) is 50.4 Å². The van der Waals surface area contributed by atoms with Gasteiger partial charge in [-0.3, -0.25) is 0 Å². The lowest BCUT2D eigenvalue weighted by molar-refractivity contribution is 0.729. The SMILES string of the molecule is Cc1nc(C)c(C(N)Cc2ccccc2Cl)s1. The molecule has 0 aliphatic heterocycles. The van der Waals surface area contributed by atoms with Crippen LogP contribution in [0.25, 0.3) is 0 Å². The van der Waals surface area contributed by atoms with E-state index in [9.17, 15) is 0 Å². The number of halogens is 1. The normalized spacial score (nSPS) is 12.7. The molecule has 4 heteroatoms. The van der Waals surface area contributed by atoms with E-state index in [0.717, 1.165) is 32.6 Å². The van der Waals surface area contributed by atoms with Gasteiger partial charge in [-0.05, 0) is 31.9 Å². The lowest BCUT2D eigenvalue weighted by atomic mass is 10.0. The second-order valence-corrected chi connectivity index (χ2v) is 5.73. The number of nitrogens with zero attached hydrogens (tertiary/aromatic N) is 1. The lowest BCUT2D eigenvalue weighted by Gasteiger charge is -2.11. The molecule has 1 atom stereocenters. The van der Waals surface area contributed by atoms with Gasteiger partial charge in [0.15, 0.2) is 0 Å². The number of hydrogen-bond donors (Lipinski definition) is 1. The summed E-state index contributed by atoms with van der Waals surface area (Å²) in [6.07, 6.45) is 0.752. The Morgan fingerprint density at radius 3 is 2.65 bits per heavy atom. The minimum Gasteiger partial charge on any atom is -0.323 e. The van der Waals surface area contributed by atoms with Crippen molar-refractivity contribution in [3.8, 4) is 0 Å².